The van der Waals surface area contributed by atoms with Gasteiger partial charge in [0.15, 0.2) is 0 Å². The van der Waals surface area contributed by atoms with E-state index >= 15 is 0 Å². The molecular formula is C15H15ClF3N3S. The monoisotopic (exact) mass is 361 g/mol. The van der Waals surface area contributed by atoms with E-state index in [-0.39, 0.29) is 5.95 Å². The number of hydrogen-bond acceptors (Lipinski definition) is 4. The molecule has 3 nitrogen and oxygen atoms in total. The Balaban J connectivity index is 2.13. The molecule has 0 spiro atoms. The Kier molecular flexibility index (Phi) is 5.75. The number of nitrogens with one attached hydrogen (secondary N) is 1. The molecule has 23 heavy (non-hydrogen) atoms. The van der Waals surface area contributed by atoms with Gasteiger partial charge < -0.3 is 5.32 Å². The molecule has 0 saturated heterocycles. The third-order valence-corrected chi connectivity index (χ3v) is 4.43. The molecule has 0 bridgehead atoms. The zero-order valence-corrected chi connectivity index (χ0v) is 14.1. The SMILES string of the molecule is CC(C)CSc1cccc(Nc2ncc(C(F)(F)F)c(Cl)n2)c1. The molecular weight excluding hydrogens is 347 g/mol. The number of halogens is 4. The highest BCUT2D eigenvalue weighted by Crippen LogP contribution is 2.33. The van der Waals surface area contributed by atoms with Crippen LogP contribution in [0.2, 0.25) is 5.15 Å². The van der Waals surface area contributed by atoms with Crippen molar-refractivity contribution in [3.8, 4) is 0 Å². The molecule has 0 radical (unpaired) electrons. The topological polar surface area (TPSA) is 37.8 Å². The number of anilines is 2. The number of aromatic nitrogens is 2. The molecule has 0 saturated carbocycles. The lowest BCUT2D eigenvalue weighted by Crippen LogP contribution is -2.09. The van der Waals surface area contributed by atoms with Gasteiger partial charge in [0.1, 0.15) is 10.7 Å². The fraction of sp³-hybridized carbons (Fsp3) is 0.333. The molecule has 0 amide bonds. The van der Waals surface area contributed by atoms with Gasteiger partial charge in [-0.15, -0.1) is 11.8 Å². The van der Waals surface area contributed by atoms with Gasteiger partial charge in [0, 0.05) is 22.5 Å². The Morgan fingerprint density at radius 1 is 1.30 bits per heavy atom. The lowest BCUT2D eigenvalue weighted by molar-refractivity contribution is -0.137. The lowest BCUT2D eigenvalue weighted by Gasteiger charge is -2.11. The smallest absolute Gasteiger partial charge is 0.324 e. The van der Waals surface area contributed by atoms with Gasteiger partial charge in [-0.25, -0.2) is 9.97 Å². The van der Waals surface area contributed by atoms with Gasteiger partial charge in [-0.3, -0.25) is 0 Å². The Hall–Kier alpha value is -1.47. The first kappa shape index (κ1) is 17.9. The second-order valence-corrected chi connectivity index (χ2v) is 6.70. The van der Waals surface area contributed by atoms with Crippen LogP contribution in [-0.2, 0) is 6.18 Å². The van der Waals surface area contributed by atoms with Crippen molar-refractivity contribution in [1.82, 2.24) is 9.97 Å². The summed E-state index contributed by atoms with van der Waals surface area (Å²) in [5.41, 5.74) is -0.361. The van der Waals surface area contributed by atoms with Crippen LogP contribution in [0.1, 0.15) is 19.4 Å². The molecule has 1 aromatic heterocycles. The van der Waals surface area contributed by atoms with Gasteiger partial charge >= 0.3 is 6.18 Å². The molecule has 1 heterocycles. The minimum absolute atomic E-state index is 0.0222. The van der Waals surface area contributed by atoms with Crippen LogP contribution in [-0.4, -0.2) is 15.7 Å². The number of nitrogens with zero attached hydrogens (tertiary/aromatic N) is 2. The molecule has 8 heteroatoms. The maximum Gasteiger partial charge on any atom is 0.420 e. The number of thioether (sulfide) groups is 1. The van der Waals surface area contributed by atoms with Crippen LogP contribution >= 0.6 is 23.4 Å². The highest BCUT2D eigenvalue weighted by molar-refractivity contribution is 7.99. The molecule has 0 unspecified atom stereocenters. The maximum absolute atomic E-state index is 12.6. The standard InChI is InChI=1S/C15H15ClF3N3S/c1-9(2)8-23-11-5-3-4-10(6-11)21-14-20-7-12(13(16)22-14)15(17,18)19/h3-7,9H,8H2,1-2H3,(H,20,21,22). The van der Waals surface area contributed by atoms with Crippen LogP contribution in [0.4, 0.5) is 24.8 Å². The van der Waals surface area contributed by atoms with Gasteiger partial charge in [0.2, 0.25) is 5.95 Å². The quantitative estimate of drug-likeness (QED) is 0.552. The summed E-state index contributed by atoms with van der Waals surface area (Å²) >= 11 is 7.29. The molecule has 0 atom stereocenters. The average Bonchev–Trinajstić information content (AvgIpc) is 2.44. The summed E-state index contributed by atoms with van der Waals surface area (Å²) in [5, 5.41) is 2.24. The van der Waals surface area contributed by atoms with E-state index in [0.717, 1.165) is 10.6 Å². The second kappa shape index (κ2) is 7.40. The van der Waals surface area contributed by atoms with Crippen LogP contribution < -0.4 is 5.32 Å². The summed E-state index contributed by atoms with van der Waals surface area (Å²) < 4.78 is 37.9. The van der Waals surface area contributed by atoms with Crippen molar-refractivity contribution in [2.75, 3.05) is 11.1 Å². The Morgan fingerprint density at radius 3 is 2.65 bits per heavy atom. The van der Waals surface area contributed by atoms with Crippen molar-refractivity contribution < 1.29 is 13.2 Å². The third kappa shape index (κ3) is 5.28. The van der Waals surface area contributed by atoms with E-state index in [0.29, 0.717) is 17.8 Å². The minimum atomic E-state index is -4.57. The summed E-state index contributed by atoms with van der Waals surface area (Å²) in [7, 11) is 0. The molecule has 0 fully saturated rings. The van der Waals surface area contributed by atoms with E-state index in [2.05, 4.69) is 29.1 Å². The van der Waals surface area contributed by atoms with E-state index in [1.54, 1.807) is 17.8 Å². The van der Waals surface area contributed by atoms with Crippen LogP contribution in [0, 0.1) is 5.92 Å². The predicted octanol–water partition coefficient (Wildman–Crippen LogP) is 5.64. The van der Waals surface area contributed by atoms with E-state index < -0.39 is 16.9 Å². The van der Waals surface area contributed by atoms with E-state index in [9.17, 15) is 13.2 Å². The van der Waals surface area contributed by atoms with E-state index in [1.807, 2.05) is 18.2 Å². The van der Waals surface area contributed by atoms with E-state index in [4.69, 9.17) is 11.6 Å². The number of hydrogen-bond donors (Lipinski definition) is 1. The highest BCUT2D eigenvalue weighted by Gasteiger charge is 2.34. The van der Waals surface area contributed by atoms with Gasteiger partial charge in [0.05, 0.1) is 0 Å². The van der Waals surface area contributed by atoms with Crippen molar-refractivity contribution >= 4 is 35.0 Å². The zero-order chi connectivity index (χ0) is 17.0. The summed E-state index contributed by atoms with van der Waals surface area (Å²) in [4.78, 5) is 8.38. The second-order valence-electron chi connectivity index (χ2n) is 5.25. The van der Waals surface area contributed by atoms with Crippen molar-refractivity contribution in [3.63, 3.8) is 0 Å². The summed E-state index contributed by atoms with van der Waals surface area (Å²) in [6, 6.07) is 7.51. The van der Waals surface area contributed by atoms with Crippen molar-refractivity contribution in [3.05, 3.63) is 41.2 Å². The molecule has 1 aromatic carbocycles. The minimum Gasteiger partial charge on any atom is -0.324 e. The lowest BCUT2D eigenvalue weighted by atomic mass is 10.3. The molecule has 0 aliphatic carbocycles. The van der Waals surface area contributed by atoms with E-state index in [1.165, 1.54) is 0 Å². The third-order valence-electron chi connectivity index (χ3n) is 2.72. The summed E-state index contributed by atoms with van der Waals surface area (Å²) in [6.07, 6.45) is -3.89. The Bertz CT molecular complexity index is 677. The fourth-order valence-electron chi connectivity index (χ4n) is 1.67. The van der Waals surface area contributed by atoms with Crippen molar-refractivity contribution in [1.29, 1.82) is 0 Å². The highest BCUT2D eigenvalue weighted by atomic mass is 35.5. The zero-order valence-electron chi connectivity index (χ0n) is 12.5. The molecule has 0 aliphatic rings. The van der Waals surface area contributed by atoms with Crippen LogP contribution in [0.25, 0.3) is 0 Å². The first-order valence-electron chi connectivity index (χ1n) is 6.85. The largest absolute Gasteiger partial charge is 0.420 e. The Morgan fingerprint density at radius 2 is 2.04 bits per heavy atom. The van der Waals surface area contributed by atoms with Crippen LogP contribution in [0.5, 0.6) is 0 Å². The normalized spacial score (nSPS) is 11.8. The predicted molar refractivity (Wildman–Crippen MR) is 87.3 cm³/mol. The van der Waals surface area contributed by atoms with Gasteiger partial charge in [-0.05, 0) is 24.1 Å². The van der Waals surface area contributed by atoms with Crippen LogP contribution in [0.15, 0.2) is 35.4 Å². The van der Waals surface area contributed by atoms with Gasteiger partial charge in [0.25, 0.3) is 0 Å². The summed E-state index contributed by atoms with van der Waals surface area (Å²) in [6.45, 7) is 4.26. The summed E-state index contributed by atoms with van der Waals surface area (Å²) in [5.74, 6) is 1.56. The number of alkyl halides is 3. The number of rotatable bonds is 5. The first-order valence-corrected chi connectivity index (χ1v) is 8.21. The van der Waals surface area contributed by atoms with Crippen LogP contribution in [0.3, 0.4) is 0 Å². The molecule has 0 aliphatic heterocycles. The maximum atomic E-state index is 12.6. The molecule has 1 N–H and O–H groups in total. The first-order chi connectivity index (χ1) is 10.8. The molecule has 2 aromatic rings. The van der Waals surface area contributed by atoms with Crippen molar-refractivity contribution in [2.45, 2.75) is 24.9 Å². The molecule has 124 valence electrons. The Labute approximate surface area is 141 Å². The van der Waals surface area contributed by atoms with Gasteiger partial charge in [-0.2, -0.15) is 13.2 Å². The molecule has 2 rings (SSSR count). The average molecular weight is 362 g/mol. The van der Waals surface area contributed by atoms with Gasteiger partial charge in [-0.1, -0.05) is 31.5 Å². The number of benzene rings is 1. The fourth-order valence-corrected chi connectivity index (χ4v) is 2.81. The van der Waals surface area contributed by atoms with Crippen molar-refractivity contribution in [2.24, 2.45) is 5.92 Å².